The Kier molecular flexibility index (Phi) is 6.98. The molecule has 0 N–H and O–H groups in total. The number of nitrogens with zero attached hydrogens (tertiary/aromatic N) is 1. The monoisotopic (exact) mass is 413 g/mol. The van der Waals surface area contributed by atoms with E-state index in [9.17, 15) is 14.4 Å². The Hall–Kier alpha value is -2.14. The average Bonchev–Trinajstić information content (AvgIpc) is 2.82. The third-order valence-corrected chi connectivity index (χ3v) is 4.55. The largest absolute Gasteiger partial charge is 0.479 e. The second kappa shape index (κ2) is 8.99. The molecular weight excluding hydrogens is 401 g/mol. The zero-order chi connectivity index (χ0) is 19.3. The van der Waals surface area contributed by atoms with Crippen LogP contribution in [0.15, 0.2) is 17.0 Å². The molecule has 0 unspecified atom stereocenters. The summed E-state index contributed by atoms with van der Waals surface area (Å²) in [7, 11) is 0. The topological polar surface area (TPSA) is 72.9 Å². The summed E-state index contributed by atoms with van der Waals surface area (Å²) in [6.07, 6.45) is 6.63. The van der Waals surface area contributed by atoms with Crippen LogP contribution in [-0.2, 0) is 14.3 Å². The smallest absolute Gasteiger partial charge is 0.344 e. The summed E-state index contributed by atoms with van der Waals surface area (Å²) in [6, 6.07) is 3.01. The van der Waals surface area contributed by atoms with Crippen molar-refractivity contribution < 1.29 is 23.9 Å². The predicted molar refractivity (Wildman–Crippen MR) is 100 cm³/mol. The molecule has 136 valence electrons. The van der Waals surface area contributed by atoms with E-state index >= 15 is 0 Å². The number of amides is 2. The number of thioether (sulfide) groups is 1. The molecule has 1 aliphatic heterocycles. The van der Waals surface area contributed by atoms with Gasteiger partial charge in [0.15, 0.2) is 12.4 Å². The van der Waals surface area contributed by atoms with Gasteiger partial charge in [-0.2, -0.15) is 0 Å². The van der Waals surface area contributed by atoms with Crippen LogP contribution in [0.2, 0.25) is 10.0 Å². The molecule has 1 aliphatic rings. The van der Waals surface area contributed by atoms with Crippen LogP contribution in [0, 0.1) is 12.3 Å². The third kappa shape index (κ3) is 4.73. The molecule has 1 aromatic rings. The molecule has 0 saturated carbocycles. The molecule has 0 atom stereocenters. The van der Waals surface area contributed by atoms with Crippen LogP contribution in [0.25, 0.3) is 6.08 Å². The number of hydrogen-bond acceptors (Lipinski definition) is 6. The summed E-state index contributed by atoms with van der Waals surface area (Å²) in [5.74, 6) is 1.35. The molecule has 0 aliphatic carbocycles. The van der Waals surface area contributed by atoms with Crippen LogP contribution in [0.1, 0.15) is 12.5 Å². The van der Waals surface area contributed by atoms with E-state index < -0.39 is 17.1 Å². The highest BCUT2D eigenvalue weighted by molar-refractivity contribution is 8.18. The van der Waals surface area contributed by atoms with E-state index in [0.29, 0.717) is 5.56 Å². The maximum atomic E-state index is 12.2. The molecule has 1 heterocycles. The molecule has 2 rings (SSSR count). The van der Waals surface area contributed by atoms with E-state index in [0.717, 1.165) is 16.7 Å². The van der Waals surface area contributed by atoms with Crippen molar-refractivity contribution in [1.82, 2.24) is 4.90 Å². The number of carbonyl (C=O) groups excluding carboxylic acids is 3. The van der Waals surface area contributed by atoms with Crippen molar-refractivity contribution in [3.05, 3.63) is 32.6 Å². The standard InChI is InChI=1S/C17H13Cl2NO5S/c1-3-5-20-16(22)13(26-17(20)23)8-10-6-11(18)15(12(19)7-10)25-9-14(21)24-4-2/h1,6-8H,4-5,9H2,2H3/b13-8-. The third-order valence-electron chi connectivity index (χ3n) is 3.08. The van der Waals surface area contributed by atoms with Gasteiger partial charge in [-0.1, -0.05) is 29.1 Å². The van der Waals surface area contributed by atoms with Crippen LogP contribution in [0.4, 0.5) is 4.79 Å². The maximum Gasteiger partial charge on any atom is 0.344 e. The number of carbonyl (C=O) groups is 3. The zero-order valence-corrected chi connectivity index (χ0v) is 15.9. The summed E-state index contributed by atoms with van der Waals surface area (Å²) in [4.78, 5) is 36.5. The van der Waals surface area contributed by atoms with Gasteiger partial charge in [0.05, 0.1) is 28.1 Å². The number of terminal acetylenes is 1. The SMILES string of the molecule is C#CCN1C(=O)S/C(=C\c2cc(Cl)c(OCC(=O)OCC)c(Cl)c2)C1=O. The van der Waals surface area contributed by atoms with Gasteiger partial charge in [-0.3, -0.25) is 14.5 Å². The van der Waals surface area contributed by atoms with E-state index in [1.54, 1.807) is 6.92 Å². The Morgan fingerprint density at radius 1 is 1.35 bits per heavy atom. The van der Waals surface area contributed by atoms with Crippen molar-refractivity contribution in [3.8, 4) is 18.1 Å². The highest BCUT2D eigenvalue weighted by Gasteiger charge is 2.34. The van der Waals surface area contributed by atoms with E-state index in [1.165, 1.54) is 18.2 Å². The minimum atomic E-state index is -0.550. The molecule has 1 fully saturated rings. The summed E-state index contributed by atoms with van der Waals surface area (Å²) >= 11 is 13.1. The molecule has 0 bridgehead atoms. The molecule has 0 spiro atoms. The van der Waals surface area contributed by atoms with Crippen LogP contribution in [0.3, 0.4) is 0 Å². The second-order valence-corrected chi connectivity index (χ2v) is 6.69. The van der Waals surface area contributed by atoms with Gasteiger partial charge in [-0.15, -0.1) is 6.42 Å². The van der Waals surface area contributed by atoms with Crippen molar-refractivity contribution in [1.29, 1.82) is 0 Å². The molecule has 2 amide bonds. The van der Waals surface area contributed by atoms with Gasteiger partial charge in [0.1, 0.15) is 0 Å². The van der Waals surface area contributed by atoms with E-state index in [-0.39, 0.29) is 40.5 Å². The highest BCUT2D eigenvalue weighted by atomic mass is 35.5. The first-order valence-electron chi connectivity index (χ1n) is 7.33. The highest BCUT2D eigenvalue weighted by Crippen LogP contribution is 2.37. The van der Waals surface area contributed by atoms with Gasteiger partial charge < -0.3 is 9.47 Å². The van der Waals surface area contributed by atoms with Gasteiger partial charge >= 0.3 is 5.97 Å². The van der Waals surface area contributed by atoms with Gasteiger partial charge in [0.2, 0.25) is 0 Å². The number of esters is 1. The number of hydrogen-bond donors (Lipinski definition) is 0. The second-order valence-electron chi connectivity index (χ2n) is 4.88. The minimum Gasteiger partial charge on any atom is -0.479 e. The van der Waals surface area contributed by atoms with Crippen LogP contribution >= 0.6 is 35.0 Å². The van der Waals surface area contributed by atoms with Crippen molar-refractivity contribution >= 4 is 58.2 Å². The molecule has 26 heavy (non-hydrogen) atoms. The quantitative estimate of drug-likeness (QED) is 0.402. The van der Waals surface area contributed by atoms with Crippen molar-refractivity contribution in [2.45, 2.75) is 6.92 Å². The number of rotatable bonds is 6. The summed E-state index contributed by atoms with van der Waals surface area (Å²) in [5, 5.41) is -0.141. The number of ether oxygens (including phenoxy) is 2. The van der Waals surface area contributed by atoms with E-state index in [4.69, 9.17) is 39.1 Å². The Balaban J connectivity index is 2.20. The molecule has 9 heteroatoms. The lowest BCUT2D eigenvalue weighted by molar-refractivity contribution is -0.145. The van der Waals surface area contributed by atoms with E-state index in [2.05, 4.69) is 5.92 Å². The average molecular weight is 414 g/mol. The fourth-order valence-corrected chi connectivity index (χ4v) is 3.46. The van der Waals surface area contributed by atoms with Crippen LogP contribution < -0.4 is 4.74 Å². The first-order chi connectivity index (χ1) is 12.4. The molecule has 6 nitrogen and oxygen atoms in total. The van der Waals surface area contributed by atoms with Crippen LogP contribution in [0.5, 0.6) is 5.75 Å². The Morgan fingerprint density at radius 3 is 2.58 bits per heavy atom. The first kappa shape index (κ1) is 20.2. The molecule has 1 saturated heterocycles. The predicted octanol–water partition coefficient (Wildman–Crippen LogP) is 3.60. The fraction of sp³-hybridized carbons (Fsp3) is 0.235. The van der Waals surface area contributed by atoms with Crippen LogP contribution in [-0.4, -0.2) is 41.8 Å². The molecule has 0 radical (unpaired) electrons. The van der Waals surface area contributed by atoms with Gasteiger partial charge in [0, 0.05) is 0 Å². The maximum absolute atomic E-state index is 12.2. The molecule has 0 aromatic heterocycles. The Labute approximate surface area is 164 Å². The minimum absolute atomic E-state index is 0.0931. The lowest BCUT2D eigenvalue weighted by Gasteiger charge is -2.10. The normalized spacial score (nSPS) is 15.3. The summed E-state index contributed by atoms with van der Waals surface area (Å²) in [5.41, 5.74) is 0.495. The number of benzene rings is 1. The van der Waals surface area contributed by atoms with Crippen molar-refractivity contribution in [2.75, 3.05) is 19.8 Å². The van der Waals surface area contributed by atoms with Gasteiger partial charge in [-0.05, 0) is 42.5 Å². The summed E-state index contributed by atoms with van der Waals surface area (Å²) < 4.78 is 10.0. The lowest BCUT2D eigenvalue weighted by Crippen LogP contribution is -2.28. The molecule has 1 aromatic carbocycles. The fourth-order valence-electron chi connectivity index (χ4n) is 2.01. The van der Waals surface area contributed by atoms with Crippen molar-refractivity contribution in [3.63, 3.8) is 0 Å². The van der Waals surface area contributed by atoms with Gasteiger partial charge in [-0.25, -0.2) is 4.79 Å². The van der Waals surface area contributed by atoms with Crippen molar-refractivity contribution in [2.24, 2.45) is 0 Å². The Morgan fingerprint density at radius 2 is 2.00 bits per heavy atom. The first-order valence-corrected chi connectivity index (χ1v) is 8.90. The number of halogens is 2. The Bertz CT molecular complexity index is 808. The zero-order valence-electron chi connectivity index (χ0n) is 13.6. The van der Waals surface area contributed by atoms with Gasteiger partial charge in [0.25, 0.3) is 11.1 Å². The lowest BCUT2D eigenvalue weighted by atomic mass is 10.2. The number of imide groups is 1. The molecular formula is C17H13Cl2NO5S. The summed E-state index contributed by atoms with van der Waals surface area (Å²) in [6.45, 7) is 1.48. The van der Waals surface area contributed by atoms with E-state index in [1.807, 2.05) is 0 Å².